The topological polar surface area (TPSA) is 93.0 Å². The lowest BCUT2D eigenvalue weighted by Gasteiger charge is -2.09. The molecule has 3 aromatic heterocycles. The second-order valence-corrected chi connectivity index (χ2v) is 7.58. The minimum atomic E-state index is -0.673. The van der Waals surface area contributed by atoms with Gasteiger partial charge in [0.15, 0.2) is 0 Å². The maximum Gasteiger partial charge on any atom is 0.293 e. The number of thiophene rings is 1. The number of carbonyl (C=O) groups is 1. The average molecular weight is 423 g/mol. The van der Waals surface area contributed by atoms with Crippen molar-refractivity contribution in [3.63, 3.8) is 0 Å². The number of benzene rings is 2. The van der Waals surface area contributed by atoms with Crippen molar-refractivity contribution in [2.24, 2.45) is 0 Å². The summed E-state index contributed by atoms with van der Waals surface area (Å²) in [6.07, 6.45) is 0. The quantitative estimate of drug-likeness (QED) is 0.411. The van der Waals surface area contributed by atoms with E-state index in [-0.39, 0.29) is 22.9 Å². The molecule has 0 aliphatic rings. The summed E-state index contributed by atoms with van der Waals surface area (Å²) in [5.74, 6) is -0.0840. The van der Waals surface area contributed by atoms with Crippen LogP contribution >= 0.6 is 11.3 Å². The van der Waals surface area contributed by atoms with Gasteiger partial charge in [-0.3, -0.25) is 14.0 Å². The highest BCUT2D eigenvalue weighted by molar-refractivity contribution is 7.12. The molecular weight excluding hydrogens is 410 g/mol. The number of ketones is 1. The number of nitriles is 1. The van der Waals surface area contributed by atoms with Crippen LogP contribution in [0.2, 0.25) is 0 Å². The molecule has 0 bridgehead atoms. The third kappa shape index (κ3) is 3.04. The van der Waals surface area contributed by atoms with Gasteiger partial charge in [0.25, 0.3) is 5.56 Å². The first-order valence-electron chi connectivity index (χ1n) is 9.34. The summed E-state index contributed by atoms with van der Waals surface area (Å²) >= 11 is 1.29. The molecule has 0 radical (unpaired) electrons. The summed E-state index contributed by atoms with van der Waals surface area (Å²) in [4.78, 5) is 30.8. The van der Waals surface area contributed by atoms with Crippen LogP contribution in [0.1, 0.15) is 21.1 Å². The van der Waals surface area contributed by atoms with Gasteiger partial charge in [-0.2, -0.15) is 14.9 Å². The number of carbonyl (C=O) groups excluding carboxylic acids is 1. The molecule has 0 unspecified atom stereocenters. The number of para-hydroxylation sites is 1. The van der Waals surface area contributed by atoms with E-state index in [0.29, 0.717) is 21.8 Å². The summed E-state index contributed by atoms with van der Waals surface area (Å²) in [5, 5.41) is 16.1. The molecule has 0 saturated carbocycles. The van der Waals surface area contributed by atoms with Crippen molar-refractivity contribution >= 4 is 22.9 Å². The molecule has 5 aromatic rings. The molecule has 8 heteroatoms. The van der Waals surface area contributed by atoms with Gasteiger partial charge in [-0.15, -0.1) is 16.4 Å². The van der Waals surface area contributed by atoms with Gasteiger partial charge in [-0.1, -0.05) is 54.6 Å². The van der Waals surface area contributed by atoms with Crippen molar-refractivity contribution in [3.05, 3.63) is 105 Å². The molecule has 148 valence electrons. The van der Waals surface area contributed by atoms with Gasteiger partial charge in [-0.25, -0.2) is 0 Å². The van der Waals surface area contributed by atoms with E-state index in [2.05, 4.69) is 10.1 Å². The van der Waals surface area contributed by atoms with Crippen LogP contribution in [-0.4, -0.2) is 24.9 Å². The molecule has 31 heavy (non-hydrogen) atoms. The zero-order valence-corrected chi connectivity index (χ0v) is 16.8. The smallest absolute Gasteiger partial charge is 0.284 e. The van der Waals surface area contributed by atoms with Crippen LogP contribution in [0.4, 0.5) is 0 Å². The Morgan fingerprint density at radius 2 is 1.68 bits per heavy atom. The number of aromatic nitrogens is 4. The van der Waals surface area contributed by atoms with Crippen molar-refractivity contribution in [1.82, 2.24) is 19.2 Å². The van der Waals surface area contributed by atoms with E-state index in [0.717, 1.165) is 0 Å². The number of hydrogen-bond acceptors (Lipinski definition) is 6. The van der Waals surface area contributed by atoms with Crippen LogP contribution in [0.15, 0.2) is 83.0 Å². The van der Waals surface area contributed by atoms with Gasteiger partial charge < -0.3 is 0 Å². The highest BCUT2D eigenvalue weighted by Crippen LogP contribution is 2.26. The summed E-state index contributed by atoms with van der Waals surface area (Å²) in [6, 6.07) is 23.6. The van der Waals surface area contributed by atoms with Gasteiger partial charge in [0, 0.05) is 5.56 Å². The largest absolute Gasteiger partial charge is 0.293 e. The fourth-order valence-electron chi connectivity index (χ4n) is 3.41. The first-order chi connectivity index (χ1) is 15.2. The van der Waals surface area contributed by atoms with Crippen LogP contribution in [0.3, 0.4) is 0 Å². The van der Waals surface area contributed by atoms with E-state index >= 15 is 0 Å². The minimum absolute atomic E-state index is 0.0733. The molecule has 5 rings (SSSR count). The van der Waals surface area contributed by atoms with E-state index in [9.17, 15) is 14.9 Å². The zero-order valence-electron chi connectivity index (χ0n) is 16.0. The third-order valence-corrected chi connectivity index (χ3v) is 5.65. The molecule has 0 atom stereocenters. The normalized spacial score (nSPS) is 10.8. The highest BCUT2D eigenvalue weighted by atomic mass is 32.1. The number of fused-ring (bicyclic) bond motifs is 1. The van der Waals surface area contributed by atoms with Crippen LogP contribution in [0, 0.1) is 11.3 Å². The van der Waals surface area contributed by atoms with Gasteiger partial charge >= 0.3 is 0 Å². The van der Waals surface area contributed by atoms with Crippen molar-refractivity contribution in [3.8, 4) is 23.0 Å². The Hall–Kier alpha value is -4.35. The number of nitrogens with zero attached hydrogens (tertiary/aromatic N) is 5. The standard InChI is InChI=1S/C23H13N5O2S/c24-14-17-19(15-8-3-1-4-9-15)27-21(20(29)18-12-7-13-31-18)26-28(23(27)25-22(17)30)16-10-5-2-6-11-16/h1-13H. The van der Waals surface area contributed by atoms with Gasteiger partial charge in [-0.05, 0) is 23.6 Å². The second kappa shape index (κ2) is 7.48. The lowest BCUT2D eigenvalue weighted by atomic mass is 10.1. The van der Waals surface area contributed by atoms with Crippen LogP contribution in [0.5, 0.6) is 0 Å². The van der Waals surface area contributed by atoms with Crippen molar-refractivity contribution < 1.29 is 4.79 Å². The Balaban J connectivity index is 1.95. The Morgan fingerprint density at radius 1 is 0.968 bits per heavy atom. The maximum absolute atomic E-state index is 13.4. The number of hydrogen-bond donors (Lipinski definition) is 0. The molecule has 2 aromatic carbocycles. The molecule has 0 saturated heterocycles. The van der Waals surface area contributed by atoms with E-state index in [1.54, 1.807) is 53.9 Å². The molecule has 0 aliphatic carbocycles. The second-order valence-electron chi connectivity index (χ2n) is 6.63. The van der Waals surface area contributed by atoms with E-state index in [1.807, 2.05) is 30.3 Å². The Bertz CT molecular complexity index is 1510. The molecule has 0 N–H and O–H groups in total. The Morgan fingerprint density at radius 3 is 2.32 bits per heavy atom. The zero-order chi connectivity index (χ0) is 21.4. The third-order valence-electron chi connectivity index (χ3n) is 4.78. The van der Waals surface area contributed by atoms with Crippen LogP contribution in [-0.2, 0) is 0 Å². The average Bonchev–Trinajstić information content (AvgIpc) is 3.47. The fraction of sp³-hybridized carbons (Fsp3) is 0. The summed E-state index contributed by atoms with van der Waals surface area (Å²) in [6.45, 7) is 0. The molecule has 0 fully saturated rings. The lowest BCUT2D eigenvalue weighted by molar-refractivity contribution is 0.103. The summed E-state index contributed by atoms with van der Waals surface area (Å²) in [7, 11) is 0. The van der Waals surface area contributed by atoms with Gasteiger partial charge in [0.05, 0.1) is 16.3 Å². The van der Waals surface area contributed by atoms with Crippen molar-refractivity contribution in [2.45, 2.75) is 0 Å². The summed E-state index contributed by atoms with van der Waals surface area (Å²) < 4.78 is 2.96. The van der Waals surface area contributed by atoms with E-state index < -0.39 is 5.56 Å². The lowest BCUT2D eigenvalue weighted by Crippen LogP contribution is -2.18. The van der Waals surface area contributed by atoms with Crippen LogP contribution in [0.25, 0.3) is 22.7 Å². The Labute approximate surface area is 180 Å². The highest BCUT2D eigenvalue weighted by Gasteiger charge is 2.26. The van der Waals surface area contributed by atoms with Gasteiger partial charge in [0.2, 0.25) is 17.4 Å². The van der Waals surface area contributed by atoms with Gasteiger partial charge in [0.1, 0.15) is 11.6 Å². The monoisotopic (exact) mass is 423 g/mol. The molecule has 0 amide bonds. The molecule has 0 aliphatic heterocycles. The van der Waals surface area contributed by atoms with Crippen molar-refractivity contribution in [2.75, 3.05) is 0 Å². The number of rotatable bonds is 4. The van der Waals surface area contributed by atoms with E-state index in [4.69, 9.17) is 0 Å². The predicted octanol–water partition coefficient (Wildman–Crippen LogP) is 3.71. The molecular formula is C23H13N5O2S. The van der Waals surface area contributed by atoms with E-state index in [1.165, 1.54) is 20.4 Å². The fourth-order valence-corrected chi connectivity index (χ4v) is 4.07. The SMILES string of the molecule is N#Cc1c(-c2ccccc2)n2c(C(=O)c3cccs3)nn(-c3ccccc3)c2nc1=O. The minimum Gasteiger partial charge on any atom is -0.284 e. The summed E-state index contributed by atoms with van der Waals surface area (Å²) in [5.41, 5.74) is 0.729. The first kappa shape index (κ1) is 18.7. The molecule has 7 nitrogen and oxygen atoms in total. The maximum atomic E-state index is 13.4. The first-order valence-corrected chi connectivity index (χ1v) is 10.2. The Kier molecular flexibility index (Phi) is 4.50. The van der Waals surface area contributed by atoms with Crippen molar-refractivity contribution in [1.29, 1.82) is 5.26 Å². The predicted molar refractivity (Wildman–Crippen MR) is 116 cm³/mol. The molecule has 3 heterocycles. The molecule has 0 spiro atoms. The van der Waals surface area contributed by atoms with Crippen LogP contribution < -0.4 is 5.56 Å².